The van der Waals surface area contributed by atoms with E-state index in [1.165, 1.54) is 0 Å². The van der Waals surface area contributed by atoms with Gasteiger partial charge in [0, 0.05) is 19.3 Å². The Kier molecular flexibility index (Phi) is 2.75. The molecule has 0 aromatic heterocycles. The molecule has 0 bridgehead atoms. The fourth-order valence-corrected chi connectivity index (χ4v) is 1.79. The van der Waals surface area contributed by atoms with Crippen LogP contribution in [0.25, 0.3) is 0 Å². The normalized spacial score (nSPS) is 27.7. The van der Waals surface area contributed by atoms with Crippen LogP contribution in [0, 0.1) is 0 Å². The summed E-state index contributed by atoms with van der Waals surface area (Å²) < 4.78 is 5.90. The van der Waals surface area contributed by atoms with Crippen molar-refractivity contribution in [1.29, 1.82) is 0 Å². The van der Waals surface area contributed by atoms with Gasteiger partial charge in [-0.25, -0.2) is 0 Å². The standard InChI is InChI=1S/C5H9NOS2/c1-7-4-2-3-9-5(8)6-4/h4H,2-3H2,1H3,(H,6,8)/t4-/m0/s1. The number of hydrogen-bond acceptors (Lipinski definition) is 3. The average molecular weight is 163 g/mol. The molecule has 1 rings (SSSR count). The lowest BCUT2D eigenvalue weighted by Crippen LogP contribution is -2.37. The molecular formula is C5H9NOS2. The molecule has 52 valence electrons. The van der Waals surface area contributed by atoms with E-state index in [1.807, 2.05) is 0 Å². The van der Waals surface area contributed by atoms with Crippen molar-refractivity contribution >= 4 is 28.3 Å². The van der Waals surface area contributed by atoms with Crippen molar-refractivity contribution < 1.29 is 4.74 Å². The third-order valence-corrected chi connectivity index (χ3v) is 2.47. The molecule has 0 aromatic rings. The second-order valence-electron chi connectivity index (χ2n) is 1.79. The van der Waals surface area contributed by atoms with Crippen LogP contribution in [0.1, 0.15) is 6.42 Å². The average Bonchev–Trinajstić information content (AvgIpc) is 1.88. The van der Waals surface area contributed by atoms with Crippen LogP contribution in [0.15, 0.2) is 0 Å². The van der Waals surface area contributed by atoms with Crippen LogP contribution in [0.3, 0.4) is 0 Å². The first-order chi connectivity index (χ1) is 4.33. The Morgan fingerprint density at radius 2 is 2.67 bits per heavy atom. The topological polar surface area (TPSA) is 21.3 Å². The summed E-state index contributed by atoms with van der Waals surface area (Å²) in [7, 11) is 1.69. The molecule has 1 atom stereocenters. The van der Waals surface area contributed by atoms with E-state index in [0.29, 0.717) is 0 Å². The van der Waals surface area contributed by atoms with E-state index in [-0.39, 0.29) is 6.23 Å². The molecule has 0 amide bonds. The van der Waals surface area contributed by atoms with E-state index >= 15 is 0 Å². The SMILES string of the molecule is CO[C@H]1CCSC(=S)N1. The zero-order valence-corrected chi connectivity index (χ0v) is 6.85. The van der Waals surface area contributed by atoms with Crippen LogP contribution in [0.5, 0.6) is 0 Å². The summed E-state index contributed by atoms with van der Waals surface area (Å²) in [5, 5.41) is 3.04. The van der Waals surface area contributed by atoms with E-state index in [9.17, 15) is 0 Å². The first kappa shape index (κ1) is 7.31. The highest BCUT2D eigenvalue weighted by atomic mass is 32.2. The van der Waals surface area contributed by atoms with Crippen molar-refractivity contribution in [3.63, 3.8) is 0 Å². The Morgan fingerprint density at radius 1 is 1.89 bits per heavy atom. The lowest BCUT2D eigenvalue weighted by atomic mass is 10.4. The van der Waals surface area contributed by atoms with Gasteiger partial charge < -0.3 is 10.1 Å². The maximum absolute atomic E-state index is 5.05. The van der Waals surface area contributed by atoms with E-state index in [4.69, 9.17) is 17.0 Å². The lowest BCUT2D eigenvalue weighted by Gasteiger charge is -2.22. The van der Waals surface area contributed by atoms with Gasteiger partial charge in [0.25, 0.3) is 0 Å². The smallest absolute Gasteiger partial charge is 0.135 e. The fraction of sp³-hybridized carbons (Fsp3) is 0.800. The highest BCUT2D eigenvalue weighted by molar-refractivity contribution is 8.23. The van der Waals surface area contributed by atoms with Gasteiger partial charge in [-0.15, -0.1) is 0 Å². The van der Waals surface area contributed by atoms with E-state index in [0.717, 1.165) is 16.5 Å². The summed E-state index contributed by atoms with van der Waals surface area (Å²) in [6, 6.07) is 0. The van der Waals surface area contributed by atoms with Gasteiger partial charge in [0.15, 0.2) is 0 Å². The number of thiocarbonyl (C=S) groups is 1. The Hall–Kier alpha value is 0.200. The number of hydrogen-bond donors (Lipinski definition) is 1. The number of methoxy groups -OCH3 is 1. The highest BCUT2D eigenvalue weighted by Gasteiger charge is 2.13. The van der Waals surface area contributed by atoms with Crippen LogP contribution >= 0.6 is 24.0 Å². The summed E-state index contributed by atoms with van der Waals surface area (Å²) in [6.07, 6.45) is 1.19. The molecule has 1 saturated heterocycles. The predicted octanol–water partition coefficient (Wildman–Crippen LogP) is 0.970. The number of ether oxygens (including phenoxy) is 1. The van der Waals surface area contributed by atoms with Crippen molar-refractivity contribution in [2.45, 2.75) is 12.6 Å². The van der Waals surface area contributed by atoms with Crippen LogP contribution in [0.2, 0.25) is 0 Å². The Morgan fingerprint density at radius 3 is 3.11 bits per heavy atom. The summed E-state index contributed by atoms with van der Waals surface area (Å²) >= 11 is 6.60. The van der Waals surface area contributed by atoms with E-state index < -0.39 is 0 Å². The second-order valence-corrected chi connectivity index (χ2v) is 3.57. The predicted molar refractivity (Wildman–Crippen MR) is 43.6 cm³/mol. The quantitative estimate of drug-likeness (QED) is 0.581. The molecule has 0 aliphatic carbocycles. The Labute approximate surface area is 64.3 Å². The molecule has 0 radical (unpaired) electrons. The maximum Gasteiger partial charge on any atom is 0.135 e. The van der Waals surface area contributed by atoms with Gasteiger partial charge in [-0.3, -0.25) is 0 Å². The molecule has 0 saturated carbocycles. The number of thioether (sulfide) groups is 1. The third kappa shape index (κ3) is 2.12. The minimum absolute atomic E-state index is 0.152. The monoisotopic (exact) mass is 163 g/mol. The molecule has 1 aliphatic heterocycles. The third-order valence-electron chi connectivity index (χ3n) is 1.18. The van der Waals surface area contributed by atoms with E-state index in [2.05, 4.69) is 5.32 Å². The van der Waals surface area contributed by atoms with Gasteiger partial charge in [-0.1, -0.05) is 24.0 Å². The zero-order valence-electron chi connectivity index (χ0n) is 5.22. The van der Waals surface area contributed by atoms with Gasteiger partial charge in [-0.2, -0.15) is 0 Å². The molecule has 4 heteroatoms. The highest BCUT2D eigenvalue weighted by Crippen LogP contribution is 2.13. The molecule has 1 heterocycles. The van der Waals surface area contributed by atoms with Gasteiger partial charge in [0.05, 0.1) is 0 Å². The van der Waals surface area contributed by atoms with Gasteiger partial charge in [-0.05, 0) is 0 Å². The lowest BCUT2D eigenvalue weighted by molar-refractivity contribution is 0.0887. The second kappa shape index (κ2) is 3.39. The number of rotatable bonds is 1. The van der Waals surface area contributed by atoms with Crippen molar-refractivity contribution in [3.8, 4) is 0 Å². The van der Waals surface area contributed by atoms with Crippen LogP contribution < -0.4 is 5.32 Å². The molecule has 1 fully saturated rings. The molecule has 1 aliphatic rings. The molecular weight excluding hydrogens is 154 g/mol. The van der Waals surface area contributed by atoms with Crippen molar-refractivity contribution in [2.24, 2.45) is 0 Å². The van der Waals surface area contributed by atoms with Crippen molar-refractivity contribution in [2.75, 3.05) is 12.9 Å². The van der Waals surface area contributed by atoms with Crippen LogP contribution in [0.4, 0.5) is 0 Å². The van der Waals surface area contributed by atoms with Crippen molar-refractivity contribution in [3.05, 3.63) is 0 Å². The molecule has 9 heavy (non-hydrogen) atoms. The van der Waals surface area contributed by atoms with Crippen molar-refractivity contribution in [1.82, 2.24) is 5.32 Å². The summed E-state index contributed by atoms with van der Waals surface area (Å²) in [5.74, 6) is 1.07. The first-order valence-corrected chi connectivity index (χ1v) is 4.18. The summed E-state index contributed by atoms with van der Waals surface area (Å²) in [6.45, 7) is 0. The number of nitrogens with one attached hydrogen (secondary N) is 1. The Balaban J connectivity index is 2.32. The zero-order chi connectivity index (χ0) is 6.69. The maximum atomic E-state index is 5.05. The van der Waals surface area contributed by atoms with Gasteiger partial charge in [0.1, 0.15) is 10.5 Å². The van der Waals surface area contributed by atoms with E-state index in [1.54, 1.807) is 18.9 Å². The van der Waals surface area contributed by atoms with Crippen LogP contribution in [-0.2, 0) is 4.74 Å². The minimum atomic E-state index is 0.152. The molecule has 0 spiro atoms. The molecule has 1 N–H and O–H groups in total. The van der Waals surface area contributed by atoms with Gasteiger partial charge >= 0.3 is 0 Å². The Bertz CT molecular complexity index is 118. The largest absolute Gasteiger partial charge is 0.362 e. The molecule has 0 unspecified atom stereocenters. The molecule has 2 nitrogen and oxygen atoms in total. The first-order valence-electron chi connectivity index (χ1n) is 2.79. The minimum Gasteiger partial charge on any atom is -0.362 e. The summed E-state index contributed by atoms with van der Waals surface area (Å²) in [5.41, 5.74) is 0. The van der Waals surface area contributed by atoms with Crippen LogP contribution in [-0.4, -0.2) is 23.4 Å². The molecule has 0 aromatic carbocycles. The van der Waals surface area contributed by atoms with Gasteiger partial charge in [0.2, 0.25) is 0 Å². The summed E-state index contributed by atoms with van der Waals surface area (Å²) in [4.78, 5) is 0. The fourth-order valence-electron chi connectivity index (χ4n) is 0.681.